The summed E-state index contributed by atoms with van der Waals surface area (Å²) in [4.78, 5) is 10.9. The second-order valence-corrected chi connectivity index (χ2v) is 5.35. The number of aromatic nitrogens is 1. The molecule has 108 valence electrons. The second-order valence-electron chi connectivity index (χ2n) is 4.94. The van der Waals surface area contributed by atoms with Gasteiger partial charge in [0.1, 0.15) is 6.07 Å². The van der Waals surface area contributed by atoms with Crippen LogP contribution in [0.15, 0.2) is 42.6 Å². The van der Waals surface area contributed by atoms with E-state index < -0.39 is 5.97 Å². The molecule has 0 bridgehead atoms. The molecule has 1 N–H and O–H groups in total. The number of benzene rings is 1. The molecule has 4 nitrogen and oxygen atoms in total. The maximum Gasteiger partial charge on any atom is 0.335 e. The summed E-state index contributed by atoms with van der Waals surface area (Å²) in [6.45, 7) is 1.87. The molecule has 0 saturated heterocycles. The zero-order valence-corrected chi connectivity index (χ0v) is 12.4. The summed E-state index contributed by atoms with van der Waals surface area (Å²) in [7, 11) is 0. The fraction of sp³-hybridized carbons (Fsp3) is 0.0588. The fourth-order valence-corrected chi connectivity index (χ4v) is 2.68. The first-order chi connectivity index (χ1) is 10.5. The minimum atomic E-state index is -0.966. The number of pyridine rings is 1. The summed E-state index contributed by atoms with van der Waals surface area (Å²) >= 11 is 6.14. The molecule has 2 heterocycles. The molecule has 3 rings (SSSR count). The number of nitrogens with zero attached hydrogens (tertiary/aromatic N) is 2. The fourth-order valence-electron chi connectivity index (χ4n) is 2.53. The Balaban J connectivity index is 2.26. The van der Waals surface area contributed by atoms with Crippen molar-refractivity contribution >= 4 is 23.1 Å². The Morgan fingerprint density at radius 2 is 1.95 bits per heavy atom. The molecule has 0 amide bonds. The van der Waals surface area contributed by atoms with Crippen LogP contribution in [-0.2, 0) is 0 Å². The van der Waals surface area contributed by atoms with Crippen LogP contribution in [0, 0.1) is 18.3 Å². The normalized spacial score (nSPS) is 10.6. The van der Waals surface area contributed by atoms with E-state index in [9.17, 15) is 10.1 Å². The predicted molar refractivity (Wildman–Crippen MR) is 84.3 cm³/mol. The molecule has 5 heteroatoms. The van der Waals surface area contributed by atoms with Crippen LogP contribution in [0.4, 0.5) is 0 Å². The van der Waals surface area contributed by atoms with E-state index in [4.69, 9.17) is 16.7 Å². The van der Waals surface area contributed by atoms with Crippen LogP contribution in [0.1, 0.15) is 21.5 Å². The van der Waals surface area contributed by atoms with Crippen molar-refractivity contribution in [2.45, 2.75) is 6.92 Å². The number of fused-ring (bicyclic) bond motifs is 1. The minimum absolute atomic E-state index is 0.226. The first-order valence-electron chi connectivity index (χ1n) is 6.57. The van der Waals surface area contributed by atoms with E-state index in [0.717, 1.165) is 22.3 Å². The topological polar surface area (TPSA) is 65.5 Å². The van der Waals surface area contributed by atoms with Crippen LogP contribution in [0.2, 0.25) is 5.02 Å². The van der Waals surface area contributed by atoms with Crippen molar-refractivity contribution in [2.24, 2.45) is 0 Å². The van der Waals surface area contributed by atoms with Gasteiger partial charge in [-0.2, -0.15) is 5.26 Å². The van der Waals surface area contributed by atoms with Gasteiger partial charge < -0.3 is 9.51 Å². The molecular formula is C17H11ClN2O2. The lowest BCUT2D eigenvalue weighted by atomic mass is 10.1. The molecule has 0 spiro atoms. The van der Waals surface area contributed by atoms with E-state index in [2.05, 4.69) is 6.07 Å². The first-order valence-corrected chi connectivity index (χ1v) is 6.94. The quantitative estimate of drug-likeness (QED) is 0.773. The second kappa shape index (κ2) is 5.21. The molecule has 22 heavy (non-hydrogen) atoms. The van der Waals surface area contributed by atoms with Crippen molar-refractivity contribution in [3.63, 3.8) is 0 Å². The van der Waals surface area contributed by atoms with Gasteiger partial charge in [0, 0.05) is 11.2 Å². The number of carboxylic acids is 1. The van der Waals surface area contributed by atoms with E-state index in [1.54, 1.807) is 36.4 Å². The standard InChI is InChI=1S/C17H11ClN2O2/c1-10-14(18)6-7-20-15(8-13(9-19)16(10)20)11-2-4-12(5-3-11)17(21)22/h2-8H,1H3,(H,21,22). The summed E-state index contributed by atoms with van der Waals surface area (Å²) in [6, 6.07) is 12.3. The lowest BCUT2D eigenvalue weighted by molar-refractivity contribution is 0.0697. The summed E-state index contributed by atoms with van der Waals surface area (Å²) in [5, 5.41) is 18.9. The average molecular weight is 311 g/mol. The Bertz CT molecular complexity index is 934. The van der Waals surface area contributed by atoms with Crippen molar-refractivity contribution in [3.05, 3.63) is 64.3 Å². The van der Waals surface area contributed by atoms with E-state index >= 15 is 0 Å². The number of carbonyl (C=O) groups is 1. The Labute approximate surface area is 131 Å². The van der Waals surface area contributed by atoms with Gasteiger partial charge in [-0.1, -0.05) is 23.7 Å². The summed E-state index contributed by atoms with van der Waals surface area (Å²) in [5.41, 5.74) is 4.04. The Morgan fingerprint density at radius 3 is 2.55 bits per heavy atom. The summed E-state index contributed by atoms with van der Waals surface area (Å²) in [6.07, 6.45) is 1.81. The third kappa shape index (κ3) is 2.12. The Morgan fingerprint density at radius 1 is 1.27 bits per heavy atom. The van der Waals surface area contributed by atoms with Gasteiger partial charge >= 0.3 is 5.97 Å². The molecule has 0 saturated carbocycles. The predicted octanol–water partition coefficient (Wildman–Crippen LogP) is 4.14. The average Bonchev–Trinajstić information content (AvgIpc) is 2.90. The lowest BCUT2D eigenvalue weighted by Crippen LogP contribution is -1.96. The highest BCUT2D eigenvalue weighted by Crippen LogP contribution is 2.30. The van der Waals surface area contributed by atoms with Crippen LogP contribution < -0.4 is 0 Å². The van der Waals surface area contributed by atoms with Crippen molar-refractivity contribution in [1.29, 1.82) is 5.26 Å². The van der Waals surface area contributed by atoms with Crippen molar-refractivity contribution in [1.82, 2.24) is 4.40 Å². The van der Waals surface area contributed by atoms with Gasteiger partial charge in [0.05, 0.1) is 22.3 Å². The molecular weight excluding hydrogens is 300 g/mol. The number of aryl methyl sites for hydroxylation is 1. The molecule has 3 aromatic rings. The van der Waals surface area contributed by atoms with E-state index in [1.165, 1.54) is 0 Å². The first kappa shape index (κ1) is 14.2. The van der Waals surface area contributed by atoms with Gasteiger partial charge in [-0.25, -0.2) is 4.79 Å². The smallest absolute Gasteiger partial charge is 0.335 e. The van der Waals surface area contributed by atoms with Gasteiger partial charge in [0.2, 0.25) is 0 Å². The van der Waals surface area contributed by atoms with Crippen molar-refractivity contribution < 1.29 is 9.90 Å². The monoisotopic (exact) mass is 310 g/mol. The largest absolute Gasteiger partial charge is 0.478 e. The Hall–Kier alpha value is -2.77. The summed E-state index contributed by atoms with van der Waals surface area (Å²) < 4.78 is 1.90. The van der Waals surface area contributed by atoms with E-state index in [-0.39, 0.29) is 5.56 Å². The maximum absolute atomic E-state index is 10.9. The number of nitriles is 1. The molecule has 0 aliphatic rings. The number of carboxylic acid groups (broad SMARTS) is 1. The van der Waals surface area contributed by atoms with Crippen LogP contribution >= 0.6 is 11.6 Å². The van der Waals surface area contributed by atoms with Gasteiger partial charge in [-0.05, 0) is 42.3 Å². The zero-order valence-electron chi connectivity index (χ0n) is 11.7. The molecule has 2 aromatic heterocycles. The highest BCUT2D eigenvalue weighted by atomic mass is 35.5. The molecule has 0 unspecified atom stereocenters. The number of hydrogen-bond acceptors (Lipinski definition) is 2. The van der Waals surface area contributed by atoms with E-state index in [1.807, 2.05) is 17.5 Å². The lowest BCUT2D eigenvalue weighted by Gasteiger charge is -2.06. The Kier molecular flexibility index (Phi) is 3.36. The molecule has 0 atom stereocenters. The zero-order chi connectivity index (χ0) is 15.9. The number of aromatic carboxylic acids is 1. The van der Waals surface area contributed by atoms with Crippen molar-refractivity contribution in [2.75, 3.05) is 0 Å². The minimum Gasteiger partial charge on any atom is -0.478 e. The highest BCUT2D eigenvalue weighted by molar-refractivity contribution is 6.31. The van der Waals surface area contributed by atoms with Gasteiger partial charge in [-0.3, -0.25) is 0 Å². The van der Waals surface area contributed by atoms with Crippen LogP contribution in [0.5, 0.6) is 0 Å². The SMILES string of the molecule is Cc1c(Cl)ccn2c(-c3ccc(C(=O)O)cc3)cc(C#N)c12. The molecule has 0 radical (unpaired) electrons. The third-order valence-corrected chi connectivity index (χ3v) is 4.08. The van der Waals surface area contributed by atoms with Crippen LogP contribution in [0.25, 0.3) is 16.8 Å². The van der Waals surface area contributed by atoms with Gasteiger partial charge in [0.15, 0.2) is 0 Å². The molecule has 0 fully saturated rings. The van der Waals surface area contributed by atoms with Crippen molar-refractivity contribution in [3.8, 4) is 17.3 Å². The van der Waals surface area contributed by atoms with Crippen LogP contribution in [0.3, 0.4) is 0 Å². The van der Waals surface area contributed by atoms with Gasteiger partial charge in [-0.15, -0.1) is 0 Å². The third-order valence-electron chi connectivity index (χ3n) is 3.67. The number of hydrogen-bond donors (Lipinski definition) is 1. The number of rotatable bonds is 2. The van der Waals surface area contributed by atoms with Gasteiger partial charge in [0.25, 0.3) is 0 Å². The van der Waals surface area contributed by atoms with E-state index in [0.29, 0.717) is 10.6 Å². The molecule has 1 aromatic carbocycles. The highest BCUT2D eigenvalue weighted by Gasteiger charge is 2.14. The molecule has 0 aliphatic heterocycles. The molecule has 0 aliphatic carbocycles. The number of halogens is 1. The maximum atomic E-state index is 10.9. The van der Waals surface area contributed by atoms with Crippen LogP contribution in [-0.4, -0.2) is 15.5 Å². The summed E-state index contributed by atoms with van der Waals surface area (Å²) in [5.74, 6) is -0.966.